The van der Waals surface area contributed by atoms with Crippen LogP contribution in [0, 0.1) is 5.41 Å². The second-order valence-electron chi connectivity index (χ2n) is 5.75. The first-order chi connectivity index (χ1) is 9.73. The Morgan fingerprint density at radius 1 is 0.905 bits per heavy atom. The molecule has 21 heavy (non-hydrogen) atoms. The fourth-order valence-corrected chi connectivity index (χ4v) is 1.24. The lowest BCUT2D eigenvalue weighted by Crippen LogP contribution is -2.23. The van der Waals surface area contributed by atoms with Gasteiger partial charge in [-0.1, -0.05) is 24.2 Å². The van der Waals surface area contributed by atoms with Gasteiger partial charge in [0.15, 0.2) is 0 Å². The normalized spacial score (nSPS) is 15.4. The number of oxime groups is 2. The van der Waals surface area contributed by atoms with Gasteiger partial charge in [0.1, 0.15) is 6.61 Å². The second kappa shape index (κ2) is 9.26. The summed E-state index contributed by atoms with van der Waals surface area (Å²) in [5.74, 6) is 0. The highest BCUT2D eigenvalue weighted by atomic mass is 16.6. The van der Waals surface area contributed by atoms with E-state index in [-0.39, 0.29) is 5.41 Å². The van der Waals surface area contributed by atoms with Crippen molar-refractivity contribution < 1.29 is 10.0 Å². The predicted octanol–water partition coefficient (Wildman–Crippen LogP) is 3.20. The molecule has 6 nitrogen and oxygen atoms in total. The van der Waals surface area contributed by atoms with E-state index in [9.17, 15) is 0 Å². The van der Waals surface area contributed by atoms with Crippen molar-refractivity contribution in [3.8, 4) is 0 Å². The molecule has 0 atom stereocenters. The monoisotopic (exact) mass is 296 g/mol. The van der Waals surface area contributed by atoms with E-state index in [1.807, 2.05) is 27.7 Å². The van der Waals surface area contributed by atoms with Crippen molar-refractivity contribution in [3.63, 3.8) is 0 Å². The molecule has 0 spiro atoms. The third-order valence-corrected chi connectivity index (χ3v) is 3.02. The summed E-state index contributed by atoms with van der Waals surface area (Å²) in [7, 11) is 0. The van der Waals surface area contributed by atoms with Gasteiger partial charge in [0.25, 0.3) is 0 Å². The molecule has 0 bridgehead atoms. The van der Waals surface area contributed by atoms with Gasteiger partial charge in [0, 0.05) is 18.5 Å². The summed E-state index contributed by atoms with van der Waals surface area (Å²) in [5.41, 5.74) is 2.84. The molecule has 0 aromatic carbocycles. The molecule has 0 aliphatic carbocycles. The van der Waals surface area contributed by atoms with Crippen molar-refractivity contribution in [1.29, 1.82) is 0 Å². The maximum absolute atomic E-state index is 8.70. The number of nitrogens with zero attached hydrogens (tertiary/aromatic N) is 4. The lowest BCUT2D eigenvalue weighted by molar-refractivity contribution is 0.159. The summed E-state index contributed by atoms with van der Waals surface area (Å²) in [5, 5.41) is 15.8. The smallest absolute Gasteiger partial charge is 0.114 e. The molecule has 120 valence electrons. The van der Waals surface area contributed by atoms with E-state index < -0.39 is 0 Å². The molecular formula is C15H28N4O2. The maximum Gasteiger partial charge on any atom is 0.114 e. The van der Waals surface area contributed by atoms with Gasteiger partial charge in [-0.2, -0.15) is 0 Å². The Morgan fingerprint density at radius 3 is 1.81 bits per heavy atom. The fraction of sp³-hybridized carbons (Fsp3) is 0.733. The van der Waals surface area contributed by atoms with Crippen LogP contribution in [0.1, 0.15) is 48.5 Å². The van der Waals surface area contributed by atoms with Crippen LogP contribution in [-0.4, -0.2) is 47.8 Å². The predicted molar refractivity (Wildman–Crippen MR) is 89.4 cm³/mol. The highest BCUT2D eigenvalue weighted by molar-refractivity contribution is 6.40. The van der Waals surface area contributed by atoms with Crippen LogP contribution in [0.4, 0.5) is 0 Å². The number of hydrogen-bond acceptors (Lipinski definition) is 6. The Labute approximate surface area is 127 Å². The first-order valence-electron chi connectivity index (χ1n) is 7.11. The average Bonchev–Trinajstić information content (AvgIpc) is 2.46. The summed E-state index contributed by atoms with van der Waals surface area (Å²) >= 11 is 0. The quantitative estimate of drug-likeness (QED) is 0.424. The molecule has 0 amide bonds. The third kappa shape index (κ3) is 8.22. The van der Waals surface area contributed by atoms with E-state index in [1.165, 1.54) is 0 Å². The van der Waals surface area contributed by atoms with Gasteiger partial charge in [-0.3, -0.25) is 9.98 Å². The van der Waals surface area contributed by atoms with E-state index in [4.69, 9.17) is 10.0 Å². The molecule has 0 rings (SSSR count). The lowest BCUT2D eigenvalue weighted by Gasteiger charge is -2.20. The standard InChI is InChI=1S/C15H28N4O2/c1-8-21-19-14(5)12(3)17-10-15(6,7)9-16-11(2)13(4)18-20/h20H,8-10H2,1-7H3/b16-11?,17-12?,18-13+,19-14+. The minimum atomic E-state index is -0.0792. The van der Waals surface area contributed by atoms with Crippen LogP contribution in [0.5, 0.6) is 0 Å². The Balaban J connectivity index is 4.68. The molecule has 0 aromatic heterocycles. The van der Waals surface area contributed by atoms with Crippen molar-refractivity contribution in [2.45, 2.75) is 48.5 Å². The molecule has 6 heteroatoms. The van der Waals surface area contributed by atoms with Crippen molar-refractivity contribution in [2.24, 2.45) is 25.7 Å². The van der Waals surface area contributed by atoms with Gasteiger partial charge >= 0.3 is 0 Å². The molecule has 0 aliphatic heterocycles. The van der Waals surface area contributed by atoms with Crippen LogP contribution in [0.3, 0.4) is 0 Å². The molecule has 0 heterocycles. The second-order valence-corrected chi connectivity index (χ2v) is 5.75. The van der Waals surface area contributed by atoms with Crippen molar-refractivity contribution in [2.75, 3.05) is 19.7 Å². The van der Waals surface area contributed by atoms with Crippen LogP contribution in [-0.2, 0) is 4.84 Å². The Bertz CT molecular complexity index is 449. The minimum Gasteiger partial charge on any atom is -0.411 e. The van der Waals surface area contributed by atoms with E-state index in [2.05, 4.69) is 34.1 Å². The molecule has 1 N–H and O–H groups in total. The minimum absolute atomic E-state index is 0.0792. The Morgan fingerprint density at radius 2 is 1.38 bits per heavy atom. The van der Waals surface area contributed by atoms with Crippen molar-refractivity contribution in [1.82, 2.24) is 0 Å². The van der Waals surface area contributed by atoms with Crippen molar-refractivity contribution >= 4 is 22.8 Å². The van der Waals surface area contributed by atoms with Crippen LogP contribution in [0.25, 0.3) is 0 Å². The number of aliphatic imine (C=N–C) groups is 2. The molecule has 0 saturated carbocycles. The van der Waals surface area contributed by atoms with E-state index in [0.717, 1.165) is 17.1 Å². The maximum atomic E-state index is 8.70. The first kappa shape index (κ1) is 19.3. The molecule has 0 radical (unpaired) electrons. The summed E-state index contributed by atoms with van der Waals surface area (Å²) in [4.78, 5) is 14.0. The van der Waals surface area contributed by atoms with Crippen LogP contribution in [0.15, 0.2) is 20.3 Å². The van der Waals surface area contributed by atoms with Gasteiger partial charge in [0.2, 0.25) is 0 Å². The average molecular weight is 296 g/mol. The van der Waals surface area contributed by atoms with Crippen LogP contribution >= 0.6 is 0 Å². The number of rotatable bonds is 8. The van der Waals surface area contributed by atoms with Crippen LogP contribution in [0.2, 0.25) is 0 Å². The zero-order chi connectivity index (χ0) is 16.5. The SMILES string of the molecule is CCO/N=C(\C)C(C)=NCC(C)(C)CN=C(C)/C(C)=N/O. The van der Waals surface area contributed by atoms with Gasteiger partial charge in [-0.25, -0.2) is 0 Å². The molecule has 0 aliphatic rings. The summed E-state index contributed by atoms with van der Waals surface area (Å²) < 4.78 is 0. The molecular weight excluding hydrogens is 268 g/mol. The zero-order valence-electron chi connectivity index (χ0n) is 14.3. The van der Waals surface area contributed by atoms with Crippen molar-refractivity contribution in [3.05, 3.63) is 0 Å². The lowest BCUT2D eigenvalue weighted by atomic mass is 9.93. The summed E-state index contributed by atoms with van der Waals surface area (Å²) in [6.07, 6.45) is 0. The van der Waals surface area contributed by atoms with E-state index in [0.29, 0.717) is 25.4 Å². The highest BCUT2D eigenvalue weighted by Crippen LogP contribution is 2.16. The highest BCUT2D eigenvalue weighted by Gasteiger charge is 2.17. The number of hydrogen-bond donors (Lipinski definition) is 1. The summed E-state index contributed by atoms with van der Waals surface area (Å²) in [6, 6.07) is 0. The summed E-state index contributed by atoms with van der Waals surface area (Å²) in [6.45, 7) is 15.3. The van der Waals surface area contributed by atoms with Gasteiger partial charge in [-0.15, -0.1) is 0 Å². The Hall–Kier alpha value is -1.72. The van der Waals surface area contributed by atoms with Gasteiger partial charge < -0.3 is 10.0 Å². The molecule has 0 aromatic rings. The first-order valence-corrected chi connectivity index (χ1v) is 7.11. The molecule has 0 saturated heterocycles. The van der Waals surface area contributed by atoms with Crippen LogP contribution < -0.4 is 0 Å². The molecule has 0 unspecified atom stereocenters. The van der Waals surface area contributed by atoms with E-state index >= 15 is 0 Å². The Kier molecular flexibility index (Phi) is 8.50. The third-order valence-electron chi connectivity index (χ3n) is 3.02. The van der Waals surface area contributed by atoms with Gasteiger partial charge in [-0.05, 0) is 34.6 Å². The fourth-order valence-electron chi connectivity index (χ4n) is 1.24. The molecule has 0 fully saturated rings. The topological polar surface area (TPSA) is 78.9 Å². The van der Waals surface area contributed by atoms with E-state index in [1.54, 1.807) is 6.92 Å². The van der Waals surface area contributed by atoms with Gasteiger partial charge in [0.05, 0.1) is 22.8 Å². The largest absolute Gasteiger partial charge is 0.411 e. The zero-order valence-corrected chi connectivity index (χ0v) is 14.3.